The highest BCUT2D eigenvalue weighted by Crippen LogP contribution is 2.14. The van der Waals surface area contributed by atoms with E-state index in [0.717, 1.165) is 31.3 Å². The van der Waals surface area contributed by atoms with E-state index in [4.69, 9.17) is 5.11 Å². The quantitative estimate of drug-likeness (QED) is 0.603. The molecule has 0 saturated heterocycles. The van der Waals surface area contributed by atoms with E-state index in [2.05, 4.69) is 13.2 Å². The van der Waals surface area contributed by atoms with Gasteiger partial charge >= 0.3 is 5.97 Å². The molecule has 0 bridgehead atoms. The Morgan fingerprint density at radius 1 is 1.07 bits per heavy atom. The molecule has 0 amide bonds. The van der Waals surface area contributed by atoms with Crippen LogP contribution >= 0.6 is 0 Å². The van der Waals surface area contributed by atoms with Gasteiger partial charge in [0.1, 0.15) is 0 Å². The van der Waals surface area contributed by atoms with Crippen LogP contribution in [0.25, 0.3) is 0 Å². The van der Waals surface area contributed by atoms with Crippen LogP contribution in [0.2, 0.25) is 0 Å². The number of carboxylic acids is 1. The molecular weight excluding hydrogens is 176 g/mol. The standard InChI is InChI=1S/C12H20O2/c1-10(2)6-4-7-11(3)8-5-9-12(13)14/h1,3-9H2,2H3,(H,13,14). The Morgan fingerprint density at radius 3 is 2.00 bits per heavy atom. The summed E-state index contributed by atoms with van der Waals surface area (Å²) in [6.45, 7) is 9.78. The second-order valence-electron chi connectivity index (χ2n) is 3.81. The van der Waals surface area contributed by atoms with E-state index in [9.17, 15) is 4.79 Å². The second-order valence-corrected chi connectivity index (χ2v) is 3.81. The SMILES string of the molecule is C=C(C)CCCC(=C)CCCC(=O)O. The average Bonchev–Trinajstić information content (AvgIpc) is 2.02. The van der Waals surface area contributed by atoms with Gasteiger partial charge in [-0.05, 0) is 39.0 Å². The Kier molecular flexibility index (Phi) is 6.81. The molecule has 0 aliphatic heterocycles. The molecule has 0 atom stereocenters. The molecule has 0 unspecified atom stereocenters. The number of aliphatic carboxylic acids is 1. The summed E-state index contributed by atoms with van der Waals surface area (Å²) in [4.78, 5) is 10.2. The van der Waals surface area contributed by atoms with Gasteiger partial charge < -0.3 is 5.11 Å². The predicted octanol–water partition coefficient (Wildman–Crippen LogP) is 3.54. The summed E-state index contributed by atoms with van der Waals surface area (Å²) >= 11 is 0. The first-order valence-corrected chi connectivity index (χ1v) is 5.05. The lowest BCUT2D eigenvalue weighted by atomic mass is 10.0. The van der Waals surface area contributed by atoms with Crippen LogP contribution in [-0.4, -0.2) is 11.1 Å². The van der Waals surface area contributed by atoms with E-state index in [1.54, 1.807) is 0 Å². The normalized spacial score (nSPS) is 9.79. The molecule has 0 radical (unpaired) electrons. The van der Waals surface area contributed by atoms with Gasteiger partial charge in [0.15, 0.2) is 0 Å². The number of rotatable bonds is 8. The third-order valence-corrected chi connectivity index (χ3v) is 2.05. The Balaban J connectivity index is 3.37. The molecule has 0 aliphatic carbocycles. The van der Waals surface area contributed by atoms with Crippen LogP contribution in [0.5, 0.6) is 0 Å². The van der Waals surface area contributed by atoms with Gasteiger partial charge in [-0.2, -0.15) is 0 Å². The maximum absolute atomic E-state index is 10.2. The van der Waals surface area contributed by atoms with Gasteiger partial charge in [-0.25, -0.2) is 0 Å². The number of carbonyl (C=O) groups is 1. The highest BCUT2D eigenvalue weighted by Gasteiger charge is 1.99. The van der Waals surface area contributed by atoms with E-state index < -0.39 is 5.97 Å². The number of allylic oxidation sites excluding steroid dienone is 2. The first kappa shape index (κ1) is 12.9. The van der Waals surface area contributed by atoms with Crippen LogP contribution in [0.4, 0.5) is 0 Å². The summed E-state index contributed by atoms with van der Waals surface area (Å²) < 4.78 is 0. The van der Waals surface area contributed by atoms with Crippen molar-refractivity contribution in [3.63, 3.8) is 0 Å². The van der Waals surface area contributed by atoms with Crippen LogP contribution in [0.1, 0.15) is 45.4 Å². The largest absolute Gasteiger partial charge is 0.481 e. The molecule has 0 heterocycles. The first-order valence-electron chi connectivity index (χ1n) is 5.05. The summed E-state index contributed by atoms with van der Waals surface area (Å²) in [5.74, 6) is -0.722. The summed E-state index contributed by atoms with van der Waals surface area (Å²) in [5.41, 5.74) is 2.36. The Bertz CT molecular complexity index is 194. The molecule has 0 saturated carbocycles. The minimum atomic E-state index is -0.722. The Labute approximate surface area is 86.3 Å². The zero-order valence-electron chi connectivity index (χ0n) is 9.01. The summed E-state index contributed by atoms with van der Waals surface area (Å²) in [6.07, 6.45) is 4.91. The van der Waals surface area contributed by atoms with Crippen molar-refractivity contribution in [2.24, 2.45) is 0 Å². The van der Waals surface area contributed by atoms with Gasteiger partial charge in [0, 0.05) is 6.42 Å². The molecule has 0 aliphatic rings. The molecule has 0 aromatic carbocycles. The molecular formula is C12H20O2. The molecule has 0 fully saturated rings. The van der Waals surface area contributed by atoms with Crippen molar-refractivity contribution < 1.29 is 9.90 Å². The molecule has 0 spiro atoms. The molecule has 0 rings (SSSR count). The van der Waals surface area contributed by atoms with Gasteiger partial charge in [0.25, 0.3) is 0 Å². The van der Waals surface area contributed by atoms with Crippen LogP contribution < -0.4 is 0 Å². The highest BCUT2D eigenvalue weighted by molar-refractivity contribution is 5.66. The van der Waals surface area contributed by atoms with Crippen LogP contribution in [0, 0.1) is 0 Å². The molecule has 2 heteroatoms. The van der Waals surface area contributed by atoms with Crippen molar-refractivity contribution in [3.8, 4) is 0 Å². The Hall–Kier alpha value is -1.05. The predicted molar refractivity (Wildman–Crippen MR) is 59.3 cm³/mol. The zero-order valence-corrected chi connectivity index (χ0v) is 9.01. The van der Waals surface area contributed by atoms with Gasteiger partial charge in [-0.1, -0.05) is 17.7 Å². The van der Waals surface area contributed by atoms with Gasteiger partial charge in [-0.15, -0.1) is 6.58 Å². The fraction of sp³-hybridized carbons (Fsp3) is 0.583. The van der Waals surface area contributed by atoms with Gasteiger partial charge in [-0.3, -0.25) is 4.79 Å². The topological polar surface area (TPSA) is 37.3 Å². The van der Waals surface area contributed by atoms with Crippen molar-refractivity contribution in [2.75, 3.05) is 0 Å². The maximum atomic E-state index is 10.2. The van der Waals surface area contributed by atoms with Crippen molar-refractivity contribution >= 4 is 5.97 Å². The van der Waals surface area contributed by atoms with E-state index in [1.807, 2.05) is 6.92 Å². The van der Waals surface area contributed by atoms with Gasteiger partial charge in [0.2, 0.25) is 0 Å². The zero-order chi connectivity index (χ0) is 11.0. The van der Waals surface area contributed by atoms with Crippen molar-refractivity contribution in [1.82, 2.24) is 0 Å². The minimum Gasteiger partial charge on any atom is -0.481 e. The molecule has 2 nitrogen and oxygen atoms in total. The van der Waals surface area contributed by atoms with E-state index in [-0.39, 0.29) is 6.42 Å². The number of carboxylic acid groups (broad SMARTS) is 1. The van der Waals surface area contributed by atoms with E-state index in [0.29, 0.717) is 6.42 Å². The lowest BCUT2D eigenvalue weighted by molar-refractivity contribution is -0.137. The van der Waals surface area contributed by atoms with Crippen molar-refractivity contribution in [3.05, 3.63) is 24.3 Å². The fourth-order valence-corrected chi connectivity index (χ4v) is 1.25. The van der Waals surface area contributed by atoms with Gasteiger partial charge in [0.05, 0.1) is 0 Å². The number of hydrogen-bond donors (Lipinski definition) is 1. The minimum absolute atomic E-state index is 0.250. The molecule has 80 valence electrons. The smallest absolute Gasteiger partial charge is 0.303 e. The summed E-state index contributed by atoms with van der Waals surface area (Å²) in [6, 6.07) is 0. The van der Waals surface area contributed by atoms with E-state index >= 15 is 0 Å². The van der Waals surface area contributed by atoms with Crippen molar-refractivity contribution in [2.45, 2.75) is 45.4 Å². The van der Waals surface area contributed by atoms with Crippen LogP contribution in [-0.2, 0) is 4.79 Å². The second kappa shape index (κ2) is 7.36. The van der Waals surface area contributed by atoms with Crippen molar-refractivity contribution in [1.29, 1.82) is 0 Å². The molecule has 14 heavy (non-hydrogen) atoms. The first-order chi connectivity index (χ1) is 6.52. The average molecular weight is 196 g/mol. The fourth-order valence-electron chi connectivity index (χ4n) is 1.25. The van der Waals surface area contributed by atoms with Crippen LogP contribution in [0.3, 0.4) is 0 Å². The molecule has 0 aromatic rings. The summed E-state index contributed by atoms with van der Waals surface area (Å²) in [5, 5.41) is 8.43. The highest BCUT2D eigenvalue weighted by atomic mass is 16.4. The summed E-state index contributed by atoms with van der Waals surface area (Å²) in [7, 11) is 0. The van der Waals surface area contributed by atoms with E-state index in [1.165, 1.54) is 5.57 Å². The monoisotopic (exact) mass is 196 g/mol. The maximum Gasteiger partial charge on any atom is 0.303 e. The lowest BCUT2D eigenvalue weighted by Crippen LogP contribution is -1.94. The third-order valence-electron chi connectivity index (χ3n) is 2.05. The lowest BCUT2D eigenvalue weighted by Gasteiger charge is -2.04. The Morgan fingerprint density at radius 2 is 1.57 bits per heavy atom. The molecule has 0 aromatic heterocycles. The van der Waals surface area contributed by atoms with Crippen LogP contribution in [0.15, 0.2) is 24.3 Å². The number of hydrogen-bond acceptors (Lipinski definition) is 1. The third kappa shape index (κ3) is 9.04. The molecule has 1 N–H and O–H groups in total.